The molecule has 0 fully saturated rings. The first kappa shape index (κ1) is 27.9. The van der Waals surface area contributed by atoms with Crippen molar-refractivity contribution in [3.8, 4) is 0 Å². The third-order valence-corrected chi connectivity index (χ3v) is 8.67. The van der Waals surface area contributed by atoms with Gasteiger partial charge in [-0.05, 0) is 20.8 Å². The van der Waals surface area contributed by atoms with Crippen LogP contribution in [0.25, 0.3) is 32.3 Å². The Bertz CT molecular complexity index is 1780. The molecule has 0 aromatic heterocycles. The molecule has 7 rings (SSSR count). The van der Waals surface area contributed by atoms with Gasteiger partial charge in [-0.1, -0.05) is 53.9 Å². The van der Waals surface area contributed by atoms with E-state index in [1.165, 1.54) is 93.1 Å². The zero-order chi connectivity index (χ0) is 28.1. The van der Waals surface area contributed by atoms with E-state index in [1.54, 1.807) is 0 Å². The predicted octanol–water partition coefficient (Wildman–Crippen LogP) is 10.3. The number of rotatable bonds is 2. The molecule has 0 nitrogen and oxygen atoms in total. The summed E-state index contributed by atoms with van der Waals surface area (Å²) >= 11 is 1.46. The Morgan fingerprint density at radius 2 is 1.00 bits per heavy atom. The van der Waals surface area contributed by atoms with Crippen molar-refractivity contribution in [2.45, 2.75) is 27.7 Å². The van der Waals surface area contributed by atoms with Crippen LogP contribution in [0.3, 0.4) is 0 Å². The Morgan fingerprint density at radius 3 is 1.50 bits per heavy atom. The predicted molar refractivity (Wildman–Crippen MR) is 172 cm³/mol. The molecule has 0 spiro atoms. The Labute approximate surface area is 253 Å². The molecule has 7 aromatic rings. The molecule has 0 bridgehead atoms. The molecule has 40 heavy (non-hydrogen) atoms. The van der Waals surface area contributed by atoms with Crippen molar-refractivity contribution in [2.24, 2.45) is 0 Å². The van der Waals surface area contributed by atoms with E-state index >= 15 is 0 Å². The minimum absolute atomic E-state index is 1.33. The second-order valence-corrected chi connectivity index (χ2v) is 11.8. The summed E-state index contributed by atoms with van der Waals surface area (Å²) in [7, 11) is 0. The van der Waals surface area contributed by atoms with Gasteiger partial charge in [-0.2, -0.15) is 6.07 Å². The molecule has 0 saturated carbocycles. The Hall–Kier alpha value is -3.67. The van der Waals surface area contributed by atoms with Crippen molar-refractivity contribution >= 4 is 35.5 Å². The van der Waals surface area contributed by atoms with Crippen LogP contribution in [0.15, 0.2) is 133 Å². The van der Waals surface area contributed by atoms with E-state index in [0.717, 1.165) is 0 Å². The van der Waals surface area contributed by atoms with Crippen LogP contribution in [0.1, 0.15) is 33.4 Å². The van der Waals surface area contributed by atoms with Crippen LogP contribution in [-0.2, 0) is 24.2 Å². The van der Waals surface area contributed by atoms with Gasteiger partial charge in [0, 0.05) is 0 Å². The summed E-state index contributed by atoms with van der Waals surface area (Å²) in [5, 5.41) is 8.21. The van der Waals surface area contributed by atoms with Gasteiger partial charge in [-0.25, -0.2) is 0 Å². The third-order valence-electron chi connectivity index (χ3n) is 7.25. The van der Waals surface area contributed by atoms with Crippen molar-refractivity contribution in [2.75, 3.05) is 0 Å². The van der Waals surface area contributed by atoms with Crippen LogP contribution < -0.4 is 0 Å². The molecular formula is C39H34Zr. The van der Waals surface area contributed by atoms with Crippen molar-refractivity contribution in [1.82, 2.24) is 0 Å². The number of fused-ring (bicyclic) bond motifs is 4. The van der Waals surface area contributed by atoms with Crippen LogP contribution in [0.4, 0.5) is 0 Å². The van der Waals surface area contributed by atoms with Gasteiger partial charge in [0.05, 0.1) is 0 Å². The second kappa shape index (κ2) is 12.7. The average Bonchev–Trinajstić information content (AvgIpc) is 3.53. The zero-order valence-electron chi connectivity index (χ0n) is 23.7. The molecule has 0 aliphatic carbocycles. The molecule has 0 unspecified atom stereocenters. The molecule has 0 atom stereocenters. The van der Waals surface area contributed by atoms with Crippen LogP contribution in [0, 0.1) is 27.7 Å². The van der Waals surface area contributed by atoms with Gasteiger partial charge in [0.2, 0.25) is 0 Å². The minimum atomic E-state index is 1.33. The van der Waals surface area contributed by atoms with Crippen molar-refractivity contribution in [3.63, 3.8) is 0 Å². The number of hydrogen-bond donors (Lipinski definition) is 0. The van der Waals surface area contributed by atoms with Crippen molar-refractivity contribution in [3.05, 3.63) is 167 Å². The molecule has 0 aliphatic heterocycles. The Balaban J connectivity index is 0.000000123. The fourth-order valence-electron chi connectivity index (χ4n) is 5.18. The molecule has 0 saturated heterocycles. The van der Waals surface area contributed by atoms with Gasteiger partial charge >= 0.3 is 99.2 Å². The first-order chi connectivity index (χ1) is 19.4. The normalized spacial score (nSPS) is 10.7. The molecule has 1 heteroatoms. The topological polar surface area (TPSA) is 0 Å². The van der Waals surface area contributed by atoms with E-state index in [2.05, 4.69) is 161 Å². The van der Waals surface area contributed by atoms with Gasteiger partial charge in [-0.3, -0.25) is 0 Å². The molecular weight excluding hydrogens is 560 g/mol. The summed E-state index contributed by atoms with van der Waals surface area (Å²) < 4.78 is 1.42. The quantitative estimate of drug-likeness (QED) is 0.175. The maximum atomic E-state index is 2.28. The molecule has 0 radical (unpaired) electrons. The van der Waals surface area contributed by atoms with Crippen molar-refractivity contribution in [1.29, 1.82) is 0 Å². The summed E-state index contributed by atoms with van der Waals surface area (Å²) in [6.07, 6.45) is 0. The second-order valence-electron chi connectivity index (χ2n) is 10.5. The van der Waals surface area contributed by atoms with Gasteiger partial charge in [0.25, 0.3) is 0 Å². The van der Waals surface area contributed by atoms with Crippen molar-refractivity contribution < 1.29 is 24.2 Å². The number of aryl methyl sites for hydroxylation is 4. The monoisotopic (exact) mass is 592 g/mol. The van der Waals surface area contributed by atoms with Gasteiger partial charge in [0.1, 0.15) is 0 Å². The van der Waals surface area contributed by atoms with Crippen LogP contribution >= 0.6 is 0 Å². The molecule has 0 amide bonds. The Kier molecular flexibility index (Phi) is 8.83. The molecule has 0 heterocycles. The first-order valence-electron chi connectivity index (χ1n) is 13.8. The van der Waals surface area contributed by atoms with E-state index in [4.69, 9.17) is 0 Å². The SMILES string of the molecule is Cc1cc2c(C)cccc2[cH-]1.Cc1ccc2c(c1)[cH-]c1cc(C)ccc12.[Zr+2]=[C](c1ccccc1)c1ccccc1. The van der Waals surface area contributed by atoms with Gasteiger partial charge in [0.15, 0.2) is 0 Å². The molecule has 0 N–H and O–H groups in total. The van der Waals surface area contributed by atoms with E-state index < -0.39 is 0 Å². The van der Waals surface area contributed by atoms with Gasteiger partial charge in [-0.15, -0.1) is 74.3 Å². The summed E-state index contributed by atoms with van der Waals surface area (Å²) in [6, 6.07) is 47.6. The maximum absolute atomic E-state index is 2.28. The fourth-order valence-corrected chi connectivity index (χ4v) is 6.00. The van der Waals surface area contributed by atoms with E-state index in [0.29, 0.717) is 0 Å². The first-order valence-corrected chi connectivity index (χ1v) is 15.0. The molecule has 0 aliphatic rings. The summed E-state index contributed by atoms with van der Waals surface area (Å²) in [5.41, 5.74) is 8.04. The Morgan fingerprint density at radius 1 is 0.475 bits per heavy atom. The van der Waals surface area contributed by atoms with E-state index in [-0.39, 0.29) is 0 Å². The number of hydrogen-bond acceptors (Lipinski definition) is 0. The molecule has 194 valence electrons. The van der Waals surface area contributed by atoms with E-state index in [9.17, 15) is 0 Å². The fraction of sp³-hybridized carbons (Fsp3) is 0.103. The summed E-state index contributed by atoms with van der Waals surface area (Å²) in [4.78, 5) is 0. The third kappa shape index (κ3) is 6.55. The average molecular weight is 594 g/mol. The van der Waals surface area contributed by atoms with Crippen LogP contribution in [0.2, 0.25) is 0 Å². The van der Waals surface area contributed by atoms with Gasteiger partial charge < -0.3 is 0 Å². The van der Waals surface area contributed by atoms with Crippen LogP contribution in [-0.4, -0.2) is 3.21 Å². The standard InChI is InChI=1S/C15H13.C13H10.C11H11.Zr/c1-10-3-5-14-12(7-10)9-13-8-11(2)4-6-15(13)14;1-3-7-12(8-4-1)11-13-9-5-2-6-10-13;1-8-6-10-5-3-4-9(2)11(10)7-8;/h3-9H,1-2H3;1-10H;3-7H,1-2H3;/q-1;;-1;+2. The molecule has 7 aromatic carbocycles. The summed E-state index contributed by atoms with van der Waals surface area (Å²) in [5.74, 6) is 0. The summed E-state index contributed by atoms with van der Waals surface area (Å²) in [6.45, 7) is 8.58. The number of benzene rings is 5. The zero-order valence-corrected chi connectivity index (χ0v) is 26.2. The van der Waals surface area contributed by atoms with E-state index in [1.807, 2.05) is 0 Å². The van der Waals surface area contributed by atoms with Crippen LogP contribution in [0.5, 0.6) is 0 Å².